The number of hydrogen-bond acceptors (Lipinski definition) is 4. The van der Waals surface area contributed by atoms with Crippen molar-refractivity contribution in [2.45, 2.75) is 32.7 Å². The first-order valence-corrected chi connectivity index (χ1v) is 8.49. The molecule has 0 bridgehead atoms. The third-order valence-corrected chi connectivity index (χ3v) is 4.20. The van der Waals surface area contributed by atoms with Crippen molar-refractivity contribution in [2.75, 3.05) is 10.2 Å². The highest BCUT2D eigenvalue weighted by atomic mass is 16.5. The van der Waals surface area contributed by atoms with Gasteiger partial charge in [0.2, 0.25) is 11.8 Å². The van der Waals surface area contributed by atoms with Crippen molar-refractivity contribution in [2.24, 2.45) is 0 Å². The van der Waals surface area contributed by atoms with E-state index in [1.54, 1.807) is 43.3 Å². The second-order valence-corrected chi connectivity index (χ2v) is 6.14. The zero-order valence-electron chi connectivity index (χ0n) is 14.7. The van der Waals surface area contributed by atoms with Gasteiger partial charge in [0.05, 0.1) is 12.1 Å². The lowest BCUT2D eigenvalue weighted by Crippen LogP contribution is -2.51. The SMILES string of the molecule is CCC(=O)N1c2ccccc2OC(=O)C1CC(=O)Nc1ccc(C)cc1. The van der Waals surface area contributed by atoms with E-state index in [-0.39, 0.29) is 24.7 Å². The summed E-state index contributed by atoms with van der Waals surface area (Å²) < 4.78 is 5.32. The maximum atomic E-state index is 12.4. The van der Waals surface area contributed by atoms with Gasteiger partial charge < -0.3 is 10.1 Å². The van der Waals surface area contributed by atoms with Crippen molar-refractivity contribution in [3.63, 3.8) is 0 Å². The third kappa shape index (κ3) is 3.59. The molecule has 2 aromatic carbocycles. The maximum Gasteiger partial charge on any atom is 0.335 e. The van der Waals surface area contributed by atoms with E-state index in [0.717, 1.165) is 5.56 Å². The van der Waals surface area contributed by atoms with Crippen molar-refractivity contribution < 1.29 is 19.1 Å². The summed E-state index contributed by atoms with van der Waals surface area (Å²) in [6.07, 6.45) is 0.0461. The number of amides is 2. The second kappa shape index (κ2) is 7.39. The largest absolute Gasteiger partial charge is 0.423 e. The zero-order chi connectivity index (χ0) is 18.7. The van der Waals surface area contributed by atoms with Gasteiger partial charge in [-0.3, -0.25) is 14.5 Å². The number of rotatable bonds is 4. The van der Waals surface area contributed by atoms with Crippen molar-refractivity contribution in [1.29, 1.82) is 0 Å². The molecule has 0 radical (unpaired) electrons. The Kier molecular flexibility index (Phi) is 5.02. The lowest BCUT2D eigenvalue weighted by atomic mass is 10.1. The van der Waals surface area contributed by atoms with Crippen LogP contribution in [0.2, 0.25) is 0 Å². The number of nitrogens with one attached hydrogen (secondary N) is 1. The molecular formula is C20H20N2O4. The number of nitrogens with zero attached hydrogens (tertiary/aromatic N) is 1. The van der Waals surface area contributed by atoms with Gasteiger partial charge in [0.25, 0.3) is 0 Å². The van der Waals surface area contributed by atoms with Gasteiger partial charge in [0.1, 0.15) is 6.04 Å². The molecule has 0 saturated heterocycles. The molecule has 1 N–H and O–H groups in total. The summed E-state index contributed by atoms with van der Waals surface area (Å²) in [6, 6.07) is 13.2. The summed E-state index contributed by atoms with van der Waals surface area (Å²) in [6.45, 7) is 3.67. The Balaban J connectivity index is 1.82. The van der Waals surface area contributed by atoms with Crippen molar-refractivity contribution >= 4 is 29.2 Å². The van der Waals surface area contributed by atoms with Crippen LogP contribution in [0.15, 0.2) is 48.5 Å². The molecule has 1 aliphatic heterocycles. The topological polar surface area (TPSA) is 75.7 Å². The molecule has 1 unspecified atom stereocenters. The summed E-state index contributed by atoms with van der Waals surface area (Å²) in [5, 5.41) is 2.75. The van der Waals surface area contributed by atoms with Gasteiger partial charge in [-0.05, 0) is 31.2 Å². The number of benzene rings is 2. The summed E-state index contributed by atoms with van der Waals surface area (Å²) in [5.74, 6) is -0.870. The smallest absolute Gasteiger partial charge is 0.335 e. The standard InChI is InChI=1S/C20H20N2O4/c1-3-19(24)22-15-6-4-5-7-17(15)26-20(25)16(22)12-18(23)21-14-10-8-13(2)9-11-14/h4-11,16H,3,12H2,1-2H3,(H,21,23). The first-order valence-electron chi connectivity index (χ1n) is 8.49. The number of aryl methyl sites for hydroxylation is 1. The minimum atomic E-state index is -0.984. The molecule has 3 rings (SSSR count). The van der Waals surface area contributed by atoms with Crippen LogP contribution in [0.4, 0.5) is 11.4 Å². The van der Waals surface area contributed by atoms with Gasteiger partial charge >= 0.3 is 5.97 Å². The molecule has 1 heterocycles. The van der Waals surface area contributed by atoms with E-state index < -0.39 is 12.0 Å². The van der Waals surface area contributed by atoms with E-state index in [0.29, 0.717) is 17.1 Å². The quantitative estimate of drug-likeness (QED) is 0.678. The van der Waals surface area contributed by atoms with Crippen molar-refractivity contribution in [3.05, 3.63) is 54.1 Å². The van der Waals surface area contributed by atoms with Crippen LogP contribution in [-0.4, -0.2) is 23.8 Å². The van der Waals surface area contributed by atoms with Crippen LogP contribution in [0.1, 0.15) is 25.3 Å². The molecule has 134 valence electrons. The monoisotopic (exact) mass is 352 g/mol. The molecule has 6 heteroatoms. The maximum absolute atomic E-state index is 12.4. The van der Waals surface area contributed by atoms with Crippen LogP contribution in [0.3, 0.4) is 0 Å². The molecule has 26 heavy (non-hydrogen) atoms. The minimum absolute atomic E-state index is 0.174. The molecule has 6 nitrogen and oxygen atoms in total. The molecule has 2 amide bonds. The number of fused-ring (bicyclic) bond motifs is 1. The molecule has 0 spiro atoms. The molecule has 1 aliphatic rings. The fourth-order valence-corrected chi connectivity index (χ4v) is 2.87. The number of hydrogen-bond donors (Lipinski definition) is 1. The average Bonchev–Trinajstić information content (AvgIpc) is 2.63. The predicted octanol–water partition coefficient (Wildman–Crippen LogP) is 3.05. The fourth-order valence-electron chi connectivity index (χ4n) is 2.87. The molecular weight excluding hydrogens is 332 g/mol. The first-order chi connectivity index (χ1) is 12.5. The van der Waals surface area contributed by atoms with Gasteiger partial charge in [0, 0.05) is 12.1 Å². The molecule has 0 fully saturated rings. The van der Waals surface area contributed by atoms with Crippen LogP contribution in [0.25, 0.3) is 0 Å². The first kappa shape index (κ1) is 17.7. The summed E-state index contributed by atoms with van der Waals surface area (Å²) >= 11 is 0. The number of carbonyl (C=O) groups is 3. The van der Waals surface area contributed by atoms with Crippen LogP contribution in [-0.2, 0) is 14.4 Å². The zero-order valence-corrected chi connectivity index (χ0v) is 14.7. The van der Waals surface area contributed by atoms with Crippen molar-refractivity contribution in [1.82, 2.24) is 0 Å². The third-order valence-electron chi connectivity index (χ3n) is 4.20. The van der Waals surface area contributed by atoms with E-state index >= 15 is 0 Å². The lowest BCUT2D eigenvalue weighted by molar-refractivity contribution is -0.140. The number of esters is 1. The van der Waals surface area contributed by atoms with Crippen LogP contribution < -0.4 is 15.0 Å². The van der Waals surface area contributed by atoms with Gasteiger partial charge in [-0.15, -0.1) is 0 Å². The van der Waals surface area contributed by atoms with Gasteiger partial charge in [-0.2, -0.15) is 0 Å². The molecule has 0 saturated carbocycles. The molecule has 2 aromatic rings. The lowest BCUT2D eigenvalue weighted by Gasteiger charge is -2.34. The normalized spacial score (nSPS) is 15.8. The van der Waals surface area contributed by atoms with E-state index in [9.17, 15) is 14.4 Å². The van der Waals surface area contributed by atoms with E-state index in [4.69, 9.17) is 4.74 Å². The molecule has 0 aliphatic carbocycles. The summed E-state index contributed by atoms with van der Waals surface area (Å²) in [7, 11) is 0. The summed E-state index contributed by atoms with van der Waals surface area (Å²) in [4.78, 5) is 38.7. The fraction of sp³-hybridized carbons (Fsp3) is 0.250. The average molecular weight is 352 g/mol. The predicted molar refractivity (Wildman–Crippen MR) is 98.1 cm³/mol. The Morgan fingerprint density at radius 2 is 1.81 bits per heavy atom. The minimum Gasteiger partial charge on any atom is -0.423 e. The number of para-hydroxylation sites is 2. The Morgan fingerprint density at radius 3 is 2.50 bits per heavy atom. The van der Waals surface area contributed by atoms with Gasteiger partial charge in [0.15, 0.2) is 5.75 Å². The van der Waals surface area contributed by atoms with Crippen LogP contribution in [0.5, 0.6) is 5.75 Å². The highest BCUT2D eigenvalue weighted by Gasteiger charge is 2.39. The Bertz CT molecular complexity index is 845. The highest BCUT2D eigenvalue weighted by Crippen LogP contribution is 2.35. The molecule has 0 aromatic heterocycles. The van der Waals surface area contributed by atoms with E-state index in [1.807, 2.05) is 19.1 Å². The Labute approximate surface area is 151 Å². The van der Waals surface area contributed by atoms with Gasteiger partial charge in [-0.1, -0.05) is 36.8 Å². The Morgan fingerprint density at radius 1 is 1.12 bits per heavy atom. The number of anilines is 2. The van der Waals surface area contributed by atoms with E-state index in [1.165, 1.54) is 4.90 Å². The number of carbonyl (C=O) groups excluding carboxylic acids is 3. The molecule has 1 atom stereocenters. The van der Waals surface area contributed by atoms with Crippen molar-refractivity contribution in [3.8, 4) is 5.75 Å². The number of ether oxygens (including phenoxy) is 1. The van der Waals surface area contributed by atoms with E-state index in [2.05, 4.69) is 5.32 Å². The second-order valence-electron chi connectivity index (χ2n) is 6.14. The Hall–Kier alpha value is -3.15. The van der Waals surface area contributed by atoms with Crippen LogP contribution >= 0.6 is 0 Å². The van der Waals surface area contributed by atoms with Gasteiger partial charge in [-0.25, -0.2) is 4.79 Å². The summed E-state index contributed by atoms with van der Waals surface area (Å²) in [5.41, 5.74) is 2.22. The highest BCUT2D eigenvalue weighted by molar-refractivity contribution is 6.06. The van der Waals surface area contributed by atoms with Crippen LogP contribution in [0, 0.1) is 6.92 Å².